The maximum atomic E-state index is 3.86. The molecule has 0 spiro atoms. The Labute approximate surface area is 125 Å². The maximum Gasteiger partial charge on any atom is 0.0210 e. The predicted octanol–water partition coefficient (Wildman–Crippen LogP) is 4.92. The van der Waals surface area contributed by atoms with E-state index < -0.39 is 0 Å². The van der Waals surface area contributed by atoms with Gasteiger partial charge in [0.1, 0.15) is 0 Å². The van der Waals surface area contributed by atoms with Crippen LogP contribution in [-0.2, 0) is 6.54 Å². The van der Waals surface area contributed by atoms with Crippen LogP contribution in [0.1, 0.15) is 61.8 Å². The summed E-state index contributed by atoms with van der Waals surface area (Å²) >= 11 is 0. The number of hydrogen-bond acceptors (Lipinski definition) is 1. The molecule has 1 aliphatic carbocycles. The minimum atomic E-state index is 0.713. The fourth-order valence-corrected chi connectivity index (χ4v) is 3.66. The highest BCUT2D eigenvalue weighted by Gasteiger charge is 2.26. The number of nitrogens with one attached hydrogen (secondary N) is 1. The Kier molecular flexibility index (Phi) is 5.26. The molecule has 1 aromatic carbocycles. The third-order valence-electron chi connectivity index (χ3n) is 5.18. The van der Waals surface area contributed by atoms with E-state index in [2.05, 4.69) is 52.1 Å². The molecule has 2 atom stereocenters. The molecule has 2 unspecified atom stereocenters. The van der Waals surface area contributed by atoms with Gasteiger partial charge in [0.25, 0.3) is 0 Å². The van der Waals surface area contributed by atoms with Gasteiger partial charge in [-0.1, -0.05) is 38.8 Å². The van der Waals surface area contributed by atoms with Crippen molar-refractivity contribution in [2.75, 3.05) is 0 Å². The highest BCUT2D eigenvalue weighted by molar-refractivity contribution is 5.36. The summed E-state index contributed by atoms with van der Waals surface area (Å²) in [5.41, 5.74) is 5.72. The molecular formula is C19H31N. The Hall–Kier alpha value is -0.820. The molecule has 0 aromatic heterocycles. The smallest absolute Gasteiger partial charge is 0.0210 e. The topological polar surface area (TPSA) is 12.0 Å². The zero-order valence-corrected chi connectivity index (χ0v) is 13.9. The molecule has 1 fully saturated rings. The highest BCUT2D eigenvalue weighted by atomic mass is 14.9. The molecular weight excluding hydrogens is 242 g/mol. The van der Waals surface area contributed by atoms with Gasteiger partial charge >= 0.3 is 0 Å². The van der Waals surface area contributed by atoms with Gasteiger partial charge in [-0.3, -0.25) is 0 Å². The van der Waals surface area contributed by atoms with Gasteiger partial charge in [0.05, 0.1) is 0 Å². The van der Waals surface area contributed by atoms with Gasteiger partial charge in [0.15, 0.2) is 0 Å². The van der Waals surface area contributed by atoms with Crippen LogP contribution < -0.4 is 5.32 Å². The van der Waals surface area contributed by atoms with Gasteiger partial charge in [0.2, 0.25) is 0 Å². The zero-order valence-electron chi connectivity index (χ0n) is 13.9. The minimum Gasteiger partial charge on any atom is -0.310 e. The molecule has 2 rings (SSSR count). The lowest BCUT2D eigenvalue weighted by molar-refractivity contribution is 0.204. The third-order valence-corrected chi connectivity index (χ3v) is 5.18. The zero-order chi connectivity index (χ0) is 14.7. The van der Waals surface area contributed by atoms with Gasteiger partial charge in [0, 0.05) is 12.6 Å². The van der Waals surface area contributed by atoms with Gasteiger partial charge in [-0.15, -0.1) is 0 Å². The maximum absolute atomic E-state index is 3.86. The molecule has 1 saturated carbocycles. The van der Waals surface area contributed by atoms with E-state index in [1.54, 1.807) is 0 Å². The van der Waals surface area contributed by atoms with E-state index in [4.69, 9.17) is 0 Å². The summed E-state index contributed by atoms with van der Waals surface area (Å²) in [6.07, 6.45) is 5.57. The van der Waals surface area contributed by atoms with Crippen LogP contribution in [0, 0.1) is 32.6 Å². The summed E-state index contributed by atoms with van der Waals surface area (Å²) < 4.78 is 0. The molecule has 0 saturated heterocycles. The monoisotopic (exact) mass is 273 g/mol. The van der Waals surface area contributed by atoms with Crippen molar-refractivity contribution in [1.82, 2.24) is 5.32 Å². The van der Waals surface area contributed by atoms with E-state index >= 15 is 0 Å². The third kappa shape index (κ3) is 3.63. The lowest BCUT2D eigenvalue weighted by Crippen LogP contribution is -2.40. The van der Waals surface area contributed by atoms with Crippen molar-refractivity contribution in [3.63, 3.8) is 0 Å². The number of benzene rings is 1. The van der Waals surface area contributed by atoms with Gasteiger partial charge in [-0.2, -0.15) is 0 Å². The molecule has 1 nitrogen and oxygen atoms in total. The normalized spacial score (nSPS) is 23.3. The summed E-state index contributed by atoms with van der Waals surface area (Å²) in [6, 6.07) is 5.41. The van der Waals surface area contributed by atoms with Crippen molar-refractivity contribution in [3.05, 3.63) is 34.4 Å². The molecule has 0 bridgehead atoms. The Bertz CT molecular complexity index is 447. The van der Waals surface area contributed by atoms with E-state index in [9.17, 15) is 0 Å². The summed E-state index contributed by atoms with van der Waals surface area (Å²) in [5, 5.41) is 3.86. The summed E-state index contributed by atoms with van der Waals surface area (Å²) in [5.74, 6) is 1.66. The van der Waals surface area contributed by atoms with Crippen LogP contribution in [0.2, 0.25) is 0 Å². The molecule has 0 amide bonds. The average Bonchev–Trinajstić information content (AvgIpc) is 2.41. The van der Waals surface area contributed by atoms with Crippen LogP contribution >= 0.6 is 0 Å². The fraction of sp³-hybridized carbons (Fsp3) is 0.684. The first-order chi connectivity index (χ1) is 9.49. The predicted molar refractivity (Wildman–Crippen MR) is 88.1 cm³/mol. The Morgan fingerprint density at radius 3 is 2.35 bits per heavy atom. The number of rotatable bonds is 4. The molecule has 1 aliphatic rings. The first-order valence-electron chi connectivity index (χ1n) is 8.29. The van der Waals surface area contributed by atoms with E-state index in [0.29, 0.717) is 6.04 Å². The Morgan fingerprint density at radius 2 is 1.65 bits per heavy atom. The fourth-order valence-electron chi connectivity index (χ4n) is 3.66. The van der Waals surface area contributed by atoms with Crippen LogP contribution in [0.4, 0.5) is 0 Å². The van der Waals surface area contributed by atoms with E-state index in [0.717, 1.165) is 18.4 Å². The van der Waals surface area contributed by atoms with Crippen LogP contribution in [0.3, 0.4) is 0 Å². The van der Waals surface area contributed by atoms with Crippen molar-refractivity contribution < 1.29 is 0 Å². The molecule has 0 radical (unpaired) electrons. The van der Waals surface area contributed by atoms with E-state index in [1.165, 1.54) is 47.9 Å². The lowest BCUT2D eigenvalue weighted by atomic mass is 9.78. The molecule has 1 aromatic rings. The summed E-state index contributed by atoms with van der Waals surface area (Å²) in [6.45, 7) is 12.5. The van der Waals surface area contributed by atoms with Gasteiger partial charge in [-0.25, -0.2) is 0 Å². The lowest BCUT2D eigenvalue weighted by Gasteiger charge is -2.35. The van der Waals surface area contributed by atoms with Crippen molar-refractivity contribution in [2.24, 2.45) is 11.8 Å². The molecule has 1 N–H and O–H groups in total. The van der Waals surface area contributed by atoms with Crippen molar-refractivity contribution >= 4 is 0 Å². The Balaban J connectivity index is 2.02. The minimum absolute atomic E-state index is 0.713. The molecule has 112 valence electrons. The second kappa shape index (κ2) is 6.76. The van der Waals surface area contributed by atoms with Crippen LogP contribution in [0.25, 0.3) is 0 Å². The van der Waals surface area contributed by atoms with Crippen molar-refractivity contribution in [2.45, 2.75) is 72.9 Å². The van der Waals surface area contributed by atoms with Gasteiger partial charge < -0.3 is 5.32 Å². The Morgan fingerprint density at radius 1 is 1.00 bits per heavy atom. The van der Waals surface area contributed by atoms with Crippen molar-refractivity contribution in [3.8, 4) is 0 Å². The van der Waals surface area contributed by atoms with Crippen LogP contribution in [-0.4, -0.2) is 6.04 Å². The van der Waals surface area contributed by atoms with E-state index in [-0.39, 0.29) is 0 Å². The molecule has 1 heteroatoms. The van der Waals surface area contributed by atoms with Gasteiger partial charge in [-0.05, 0) is 67.7 Å². The second-order valence-corrected chi connectivity index (χ2v) is 7.04. The first-order valence-corrected chi connectivity index (χ1v) is 8.29. The van der Waals surface area contributed by atoms with E-state index in [1.807, 2.05) is 0 Å². The largest absolute Gasteiger partial charge is 0.310 e. The second-order valence-electron chi connectivity index (χ2n) is 7.04. The summed E-state index contributed by atoms with van der Waals surface area (Å²) in [7, 11) is 0. The highest BCUT2D eigenvalue weighted by Crippen LogP contribution is 2.30. The molecule has 0 aliphatic heterocycles. The molecule has 0 heterocycles. The van der Waals surface area contributed by atoms with Crippen molar-refractivity contribution in [1.29, 1.82) is 0 Å². The number of hydrogen-bond donors (Lipinski definition) is 1. The van der Waals surface area contributed by atoms with Crippen LogP contribution in [0.15, 0.2) is 12.1 Å². The molecule has 20 heavy (non-hydrogen) atoms. The standard InChI is InChI=1S/C19H31N/c1-13(2)18-8-6-7-9-19(18)20-12-17-11-15(4)14(3)10-16(17)5/h10-11,13,18-20H,6-9,12H2,1-5H3. The first kappa shape index (κ1) is 15.6. The average molecular weight is 273 g/mol. The number of aryl methyl sites for hydroxylation is 3. The quantitative estimate of drug-likeness (QED) is 0.821. The summed E-state index contributed by atoms with van der Waals surface area (Å²) in [4.78, 5) is 0. The SMILES string of the molecule is Cc1cc(C)c(CNC2CCCCC2C(C)C)cc1C. The van der Waals surface area contributed by atoms with Crippen LogP contribution in [0.5, 0.6) is 0 Å².